The molecule has 10 aliphatic rings. The van der Waals surface area contributed by atoms with Gasteiger partial charge in [0.2, 0.25) is 0 Å². The number of aliphatic hydroxyl groups excluding tert-OH is 1. The van der Waals surface area contributed by atoms with E-state index in [9.17, 15) is 14.7 Å². The van der Waals surface area contributed by atoms with Crippen LogP contribution in [0.25, 0.3) is 0 Å². The lowest BCUT2D eigenvalue weighted by atomic mass is 9.44. The molecule has 7 saturated carbocycles. The minimum absolute atomic E-state index is 0.0213. The Morgan fingerprint density at radius 2 is 1.54 bits per heavy atom. The van der Waals surface area contributed by atoms with Crippen LogP contribution < -0.4 is 5.63 Å². The van der Waals surface area contributed by atoms with E-state index >= 15 is 0 Å². The summed E-state index contributed by atoms with van der Waals surface area (Å²) in [6, 6.07) is 3.55. The van der Waals surface area contributed by atoms with E-state index in [2.05, 4.69) is 52.0 Å². The summed E-state index contributed by atoms with van der Waals surface area (Å²) in [6.07, 6.45) is 30.8. The smallest absolute Gasteiger partial charge is 0.335 e. The van der Waals surface area contributed by atoms with Gasteiger partial charge in [-0.25, -0.2) is 4.79 Å². The van der Waals surface area contributed by atoms with Gasteiger partial charge in [0.1, 0.15) is 5.60 Å². The molecule has 54 heavy (non-hydrogen) atoms. The molecule has 6 heteroatoms. The van der Waals surface area contributed by atoms with Gasteiger partial charge in [-0.3, -0.25) is 4.79 Å². The molecule has 6 nitrogen and oxygen atoms in total. The molecular formula is C48H66O6. The molecule has 1 N–H and O–H groups in total. The highest BCUT2D eigenvalue weighted by Gasteiger charge is 2.80. The van der Waals surface area contributed by atoms with Crippen LogP contribution in [0.4, 0.5) is 0 Å². The van der Waals surface area contributed by atoms with Gasteiger partial charge < -0.3 is 19.0 Å². The average Bonchev–Trinajstić information content (AvgIpc) is 3.68. The third kappa shape index (κ3) is 5.08. The second-order valence-corrected chi connectivity index (χ2v) is 21.3. The van der Waals surface area contributed by atoms with E-state index in [0.29, 0.717) is 59.0 Å². The van der Waals surface area contributed by atoms with Crippen molar-refractivity contribution >= 4 is 5.97 Å². The van der Waals surface area contributed by atoms with Gasteiger partial charge >= 0.3 is 11.6 Å². The van der Waals surface area contributed by atoms with Crippen molar-refractivity contribution in [1.29, 1.82) is 0 Å². The molecule has 1 spiro atoms. The Hall–Kier alpha value is -2.18. The van der Waals surface area contributed by atoms with Gasteiger partial charge in [-0.05, 0) is 183 Å². The van der Waals surface area contributed by atoms with E-state index in [4.69, 9.17) is 13.9 Å². The van der Waals surface area contributed by atoms with Crippen molar-refractivity contribution in [2.24, 2.45) is 74.9 Å². The number of cyclic esters (lactones) is 1. The summed E-state index contributed by atoms with van der Waals surface area (Å²) in [4.78, 5) is 23.0. The summed E-state index contributed by atoms with van der Waals surface area (Å²) in [7, 11) is 0. The van der Waals surface area contributed by atoms with E-state index in [0.717, 1.165) is 61.2 Å². The van der Waals surface area contributed by atoms with Gasteiger partial charge in [-0.1, -0.05) is 52.0 Å². The Labute approximate surface area is 323 Å². The van der Waals surface area contributed by atoms with Gasteiger partial charge in [0.15, 0.2) is 0 Å². The monoisotopic (exact) mass is 738 g/mol. The Morgan fingerprint density at radius 3 is 2.33 bits per heavy atom. The zero-order valence-corrected chi connectivity index (χ0v) is 33.5. The van der Waals surface area contributed by atoms with Crippen LogP contribution in [0.3, 0.4) is 0 Å². The molecule has 9 fully saturated rings. The second kappa shape index (κ2) is 12.7. The van der Waals surface area contributed by atoms with Crippen LogP contribution in [-0.2, 0) is 14.3 Å². The normalized spacial score (nSPS) is 53.5. The van der Waals surface area contributed by atoms with Crippen molar-refractivity contribution in [3.05, 3.63) is 58.7 Å². The van der Waals surface area contributed by atoms with Gasteiger partial charge in [0.25, 0.3) is 0 Å². The molecule has 0 bridgehead atoms. The van der Waals surface area contributed by atoms with Crippen molar-refractivity contribution in [1.82, 2.24) is 0 Å². The van der Waals surface area contributed by atoms with E-state index < -0.39 is 0 Å². The van der Waals surface area contributed by atoms with Crippen LogP contribution in [0, 0.1) is 74.9 Å². The lowest BCUT2D eigenvalue weighted by Gasteiger charge is -2.61. The topological polar surface area (TPSA) is 89.3 Å². The highest BCUT2D eigenvalue weighted by atomic mass is 16.6. The van der Waals surface area contributed by atoms with E-state index in [1.54, 1.807) is 12.3 Å². The number of allylic oxidation sites excluding steroid dienone is 4. The van der Waals surface area contributed by atoms with Crippen molar-refractivity contribution in [2.75, 3.05) is 6.61 Å². The lowest BCUT2D eigenvalue weighted by Crippen LogP contribution is -2.58. The fourth-order valence-electron chi connectivity index (χ4n) is 17.0. The number of aliphatic hydroxyl groups is 1. The molecule has 0 amide bonds. The molecule has 2 aliphatic heterocycles. The third-order valence-corrected chi connectivity index (χ3v) is 19.8. The maximum absolute atomic E-state index is 11.5. The minimum atomic E-state index is -0.266. The quantitative estimate of drug-likeness (QED) is 0.240. The number of fused-ring (bicyclic) bond motifs is 8. The van der Waals surface area contributed by atoms with Crippen LogP contribution in [0.2, 0.25) is 0 Å². The maximum atomic E-state index is 11.5. The third-order valence-electron chi connectivity index (χ3n) is 19.8. The SMILES string of the molecule is C[C@]12CC[C@H](O)C[C@H]1CC[C@@H]1[C@@H]2CC[C@]2(C)[C@@H](c3ccc(=O)oc3)C[C@H]3O[C@]132.C[C@]12CC[C@H]3[C@@H](CCC4C=CC=C[C@@]43C)[C@H]1CC[C@@H]2[C@H]1CCC(=O)OC1. The van der Waals surface area contributed by atoms with Crippen LogP contribution in [0.15, 0.2) is 51.9 Å². The Morgan fingerprint density at radius 1 is 0.741 bits per heavy atom. The predicted octanol–water partition coefficient (Wildman–Crippen LogP) is 9.80. The number of epoxide rings is 1. The zero-order valence-electron chi connectivity index (χ0n) is 33.5. The molecule has 3 heterocycles. The summed E-state index contributed by atoms with van der Waals surface area (Å²) in [5, 5.41) is 10.2. The second-order valence-electron chi connectivity index (χ2n) is 21.3. The predicted molar refractivity (Wildman–Crippen MR) is 208 cm³/mol. The van der Waals surface area contributed by atoms with Gasteiger partial charge in [0, 0.05) is 17.9 Å². The van der Waals surface area contributed by atoms with Crippen molar-refractivity contribution in [3.63, 3.8) is 0 Å². The van der Waals surface area contributed by atoms with Gasteiger partial charge in [-0.2, -0.15) is 0 Å². The van der Waals surface area contributed by atoms with Crippen molar-refractivity contribution in [3.8, 4) is 0 Å². The fraction of sp³-hybridized carbons (Fsp3) is 0.792. The first-order valence-electron chi connectivity index (χ1n) is 22.4. The largest absolute Gasteiger partial charge is 0.465 e. The summed E-state index contributed by atoms with van der Waals surface area (Å²) >= 11 is 0. The molecule has 1 unspecified atom stereocenters. The Bertz CT molecular complexity index is 1730. The molecule has 8 aliphatic carbocycles. The Kier molecular flexibility index (Phi) is 8.48. The van der Waals surface area contributed by atoms with E-state index in [1.165, 1.54) is 76.2 Å². The maximum Gasteiger partial charge on any atom is 0.335 e. The van der Waals surface area contributed by atoms with Crippen molar-refractivity contribution in [2.45, 2.75) is 154 Å². The van der Waals surface area contributed by atoms with E-state index in [1.807, 2.05) is 6.07 Å². The summed E-state index contributed by atoms with van der Waals surface area (Å²) < 4.78 is 17.3. The molecule has 1 aromatic rings. The first-order chi connectivity index (χ1) is 25.9. The molecule has 294 valence electrons. The summed E-state index contributed by atoms with van der Waals surface area (Å²) in [5.41, 5.74) is 2.31. The number of esters is 1. The zero-order chi connectivity index (χ0) is 37.3. The van der Waals surface area contributed by atoms with Crippen molar-refractivity contribution < 1.29 is 23.8 Å². The highest BCUT2D eigenvalue weighted by molar-refractivity contribution is 5.70. The van der Waals surface area contributed by atoms with Gasteiger partial charge in [0.05, 0.1) is 25.1 Å². The number of carbonyl (C=O) groups excluding carboxylic acids is 1. The number of hydrogen-bond donors (Lipinski definition) is 1. The molecule has 1 aromatic heterocycles. The first kappa shape index (κ1) is 36.2. The molecular weight excluding hydrogens is 673 g/mol. The number of carbonyl (C=O) groups is 1. The minimum Gasteiger partial charge on any atom is -0.465 e. The summed E-state index contributed by atoms with van der Waals surface area (Å²) in [6.45, 7) is 10.8. The van der Waals surface area contributed by atoms with Crippen LogP contribution in [0.5, 0.6) is 0 Å². The fourth-order valence-corrected chi connectivity index (χ4v) is 17.0. The molecule has 0 aromatic carbocycles. The molecule has 2 saturated heterocycles. The van der Waals surface area contributed by atoms with Crippen LogP contribution in [-0.4, -0.2) is 35.5 Å². The number of hydrogen-bond acceptors (Lipinski definition) is 6. The number of ether oxygens (including phenoxy) is 2. The first-order valence-corrected chi connectivity index (χ1v) is 22.4. The summed E-state index contributed by atoms with van der Waals surface area (Å²) in [5.74, 6) is 7.30. The Balaban J connectivity index is 0.000000134. The molecule has 0 radical (unpaired) electrons. The van der Waals surface area contributed by atoms with Gasteiger partial charge in [-0.15, -0.1) is 0 Å². The van der Waals surface area contributed by atoms with Crippen LogP contribution >= 0.6 is 0 Å². The number of rotatable bonds is 2. The van der Waals surface area contributed by atoms with Crippen LogP contribution in [0.1, 0.15) is 142 Å². The van der Waals surface area contributed by atoms with E-state index in [-0.39, 0.29) is 28.7 Å². The average molecular weight is 739 g/mol. The molecule has 11 rings (SSSR count). The lowest BCUT2D eigenvalue weighted by molar-refractivity contribution is -0.153. The molecule has 17 atom stereocenters. The highest BCUT2D eigenvalue weighted by Crippen LogP contribution is 2.78. The standard InChI is InChI=1S/C24H32O4.C24H34O2/c1-22-9-7-16(25)11-15(22)4-5-18-17(22)8-10-23(2)19(12-20-24(18,23)28-20)14-3-6-21(26)27-13-14;1-23-13-4-3-5-17(23)7-8-18-20-10-9-19(16-6-11-22(25)26-15-16)24(20,2)14-12-21(18)23/h3,6,13,15-20,25H,4-5,7-12H2,1-2H3;3-5,13,16-21H,6-12,14-15H2,1-2H3/t15-,16+,17+,18-,19-,20-,22+,23-,24-;16-,17?,18-,19+,20+,21-,23-,24+/m10/s1.